The Kier molecular flexibility index (Phi) is 4.78. The number of aromatic nitrogens is 7. The van der Waals surface area contributed by atoms with Gasteiger partial charge in [-0.25, -0.2) is 4.98 Å². The lowest BCUT2D eigenvalue weighted by molar-refractivity contribution is 0.124. The molecule has 9 heteroatoms. The molecular formula is C21H24N8O. The quantitative estimate of drug-likeness (QED) is 0.545. The molecule has 0 aromatic carbocycles. The predicted molar refractivity (Wildman–Crippen MR) is 113 cm³/mol. The van der Waals surface area contributed by atoms with Crippen LogP contribution in [0.25, 0.3) is 22.2 Å². The summed E-state index contributed by atoms with van der Waals surface area (Å²) in [5, 5.41) is 21.4. The second kappa shape index (κ2) is 7.74. The van der Waals surface area contributed by atoms with Crippen LogP contribution < -0.4 is 10.1 Å². The molecule has 4 heterocycles. The summed E-state index contributed by atoms with van der Waals surface area (Å²) in [5.41, 5.74) is 3.01. The fourth-order valence-corrected chi connectivity index (χ4v) is 4.13. The maximum Gasteiger partial charge on any atom is 0.233 e. The van der Waals surface area contributed by atoms with Crippen LogP contribution in [-0.2, 0) is 7.05 Å². The standard InChI is InChI=1S/C21H24N8O/c1-22-19-10-18-17(12-23-19)21(14-11-25-28(2)13-14)27-29(18)15-5-7-16(8-6-15)30-20-4-3-9-24-26-20/h3-4,9-13,15-16H,5-8H2,1-2H3,(H,22,23). The van der Waals surface area contributed by atoms with E-state index in [4.69, 9.17) is 9.84 Å². The highest BCUT2D eigenvalue weighted by Crippen LogP contribution is 2.36. The summed E-state index contributed by atoms with van der Waals surface area (Å²) in [6.07, 6.45) is 11.4. The molecule has 5 rings (SSSR count). The summed E-state index contributed by atoms with van der Waals surface area (Å²) >= 11 is 0. The van der Waals surface area contributed by atoms with E-state index >= 15 is 0 Å². The highest BCUT2D eigenvalue weighted by Gasteiger charge is 2.27. The third-order valence-corrected chi connectivity index (χ3v) is 5.65. The molecule has 1 N–H and O–H groups in total. The van der Waals surface area contributed by atoms with E-state index in [2.05, 4.69) is 36.3 Å². The smallest absolute Gasteiger partial charge is 0.233 e. The van der Waals surface area contributed by atoms with Crippen LogP contribution in [0.3, 0.4) is 0 Å². The summed E-state index contributed by atoms with van der Waals surface area (Å²) in [6.45, 7) is 0. The number of pyridine rings is 1. The normalized spacial score (nSPS) is 19.1. The number of anilines is 1. The molecule has 0 bridgehead atoms. The zero-order valence-corrected chi connectivity index (χ0v) is 17.1. The average Bonchev–Trinajstić information content (AvgIpc) is 3.38. The number of ether oxygens (including phenoxy) is 1. The molecule has 0 aliphatic heterocycles. The molecule has 0 amide bonds. The van der Waals surface area contributed by atoms with Gasteiger partial charge in [-0.1, -0.05) is 0 Å². The van der Waals surface area contributed by atoms with Gasteiger partial charge in [0.05, 0.1) is 17.8 Å². The van der Waals surface area contributed by atoms with E-state index in [0.717, 1.165) is 53.7 Å². The second-order valence-corrected chi connectivity index (χ2v) is 7.64. The fraction of sp³-hybridized carbons (Fsp3) is 0.381. The predicted octanol–water partition coefficient (Wildman–Crippen LogP) is 3.23. The van der Waals surface area contributed by atoms with E-state index in [9.17, 15) is 0 Å². The lowest BCUT2D eigenvalue weighted by Crippen LogP contribution is -2.26. The van der Waals surface area contributed by atoms with Gasteiger partial charge < -0.3 is 10.1 Å². The Hall–Kier alpha value is -3.49. The summed E-state index contributed by atoms with van der Waals surface area (Å²) < 4.78 is 9.97. The maximum atomic E-state index is 6.01. The van der Waals surface area contributed by atoms with Crippen molar-refractivity contribution in [2.75, 3.05) is 12.4 Å². The van der Waals surface area contributed by atoms with E-state index in [0.29, 0.717) is 11.9 Å². The van der Waals surface area contributed by atoms with E-state index in [1.54, 1.807) is 10.9 Å². The number of aryl methyl sites for hydroxylation is 1. The minimum absolute atomic E-state index is 0.159. The Morgan fingerprint density at radius 2 is 2.03 bits per heavy atom. The van der Waals surface area contributed by atoms with Crippen LogP contribution >= 0.6 is 0 Å². The molecule has 4 aromatic heterocycles. The molecular weight excluding hydrogens is 380 g/mol. The first-order valence-electron chi connectivity index (χ1n) is 10.2. The molecule has 0 spiro atoms. The minimum Gasteiger partial charge on any atom is -0.473 e. The van der Waals surface area contributed by atoms with E-state index in [-0.39, 0.29) is 6.10 Å². The van der Waals surface area contributed by atoms with E-state index in [1.165, 1.54) is 0 Å². The van der Waals surface area contributed by atoms with Crippen molar-refractivity contribution >= 4 is 16.7 Å². The van der Waals surface area contributed by atoms with Crippen molar-refractivity contribution in [1.82, 2.24) is 34.7 Å². The average molecular weight is 404 g/mol. The van der Waals surface area contributed by atoms with Crippen molar-refractivity contribution in [3.05, 3.63) is 43.0 Å². The van der Waals surface area contributed by atoms with Gasteiger partial charge in [0, 0.05) is 55.8 Å². The summed E-state index contributed by atoms with van der Waals surface area (Å²) in [6, 6.07) is 6.08. The maximum absolute atomic E-state index is 6.01. The molecule has 154 valence electrons. The van der Waals surface area contributed by atoms with Gasteiger partial charge >= 0.3 is 0 Å². The van der Waals surface area contributed by atoms with Gasteiger partial charge in [0.2, 0.25) is 5.88 Å². The van der Waals surface area contributed by atoms with Gasteiger partial charge in [0.25, 0.3) is 0 Å². The molecule has 0 saturated heterocycles. The van der Waals surface area contributed by atoms with Crippen molar-refractivity contribution in [1.29, 1.82) is 0 Å². The summed E-state index contributed by atoms with van der Waals surface area (Å²) in [5.74, 6) is 1.43. The van der Waals surface area contributed by atoms with E-state index < -0.39 is 0 Å². The number of hydrogen-bond donors (Lipinski definition) is 1. The fourth-order valence-electron chi connectivity index (χ4n) is 4.13. The highest BCUT2D eigenvalue weighted by molar-refractivity contribution is 5.93. The summed E-state index contributed by atoms with van der Waals surface area (Å²) in [4.78, 5) is 4.51. The van der Waals surface area contributed by atoms with Crippen molar-refractivity contribution in [2.24, 2.45) is 7.05 Å². The lowest BCUT2D eigenvalue weighted by atomic mass is 9.93. The van der Waals surface area contributed by atoms with Crippen LogP contribution in [0.5, 0.6) is 5.88 Å². The van der Waals surface area contributed by atoms with Crippen molar-refractivity contribution in [3.63, 3.8) is 0 Å². The van der Waals surface area contributed by atoms with Gasteiger partial charge in [-0.05, 0) is 31.7 Å². The van der Waals surface area contributed by atoms with Gasteiger partial charge in [-0.2, -0.15) is 15.3 Å². The van der Waals surface area contributed by atoms with Crippen LogP contribution in [0.15, 0.2) is 43.0 Å². The highest BCUT2D eigenvalue weighted by atomic mass is 16.5. The Morgan fingerprint density at radius 1 is 1.17 bits per heavy atom. The molecule has 0 atom stereocenters. The van der Waals surface area contributed by atoms with Gasteiger partial charge in [-0.15, -0.1) is 5.10 Å². The van der Waals surface area contributed by atoms with Crippen molar-refractivity contribution in [2.45, 2.75) is 37.8 Å². The molecule has 0 unspecified atom stereocenters. The molecule has 9 nitrogen and oxygen atoms in total. The number of hydrogen-bond acceptors (Lipinski definition) is 7. The second-order valence-electron chi connectivity index (χ2n) is 7.64. The lowest BCUT2D eigenvalue weighted by Gasteiger charge is -2.29. The largest absolute Gasteiger partial charge is 0.473 e. The Balaban J connectivity index is 1.42. The van der Waals surface area contributed by atoms with Crippen molar-refractivity contribution in [3.8, 4) is 17.1 Å². The number of nitrogens with zero attached hydrogens (tertiary/aromatic N) is 7. The molecule has 0 radical (unpaired) electrons. The van der Waals surface area contributed by atoms with Crippen LogP contribution in [0.2, 0.25) is 0 Å². The molecule has 1 saturated carbocycles. The molecule has 1 aliphatic carbocycles. The van der Waals surface area contributed by atoms with Crippen LogP contribution in [-0.4, -0.2) is 47.9 Å². The monoisotopic (exact) mass is 404 g/mol. The molecule has 1 aliphatic rings. The number of nitrogens with one attached hydrogen (secondary N) is 1. The van der Waals surface area contributed by atoms with Crippen LogP contribution in [0, 0.1) is 0 Å². The van der Waals surface area contributed by atoms with E-state index in [1.807, 2.05) is 44.8 Å². The molecule has 30 heavy (non-hydrogen) atoms. The van der Waals surface area contributed by atoms with Crippen LogP contribution in [0.4, 0.5) is 5.82 Å². The third kappa shape index (κ3) is 3.47. The molecule has 4 aromatic rings. The Bertz CT molecular complexity index is 1140. The Morgan fingerprint density at radius 3 is 2.73 bits per heavy atom. The molecule has 1 fully saturated rings. The van der Waals surface area contributed by atoms with Crippen LogP contribution in [0.1, 0.15) is 31.7 Å². The number of rotatable bonds is 5. The summed E-state index contributed by atoms with van der Waals surface area (Å²) in [7, 11) is 3.80. The minimum atomic E-state index is 0.159. The zero-order chi connectivity index (χ0) is 20.5. The first kappa shape index (κ1) is 18.5. The van der Waals surface area contributed by atoms with Gasteiger partial charge in [0.15, 0.2) is 0 Å². The van der Waals surface area contributed by atoms with Gasteiger partial charge in [0.1, 0.15) is 17.6 Å². The first-order valence-corrected chi connectivity index (χ1v) is 10.2. The third-order valence-electron chi connectivity index (χ3n) is 5.65. The first-order chi connectivity index (χ1) is 14.7. The zero-order valence-electron chi connectivity index (χ0n) is 17.1. The Labute approximate surface area is 174 Å². The van der Waals surface area contributed by atoms with Gasteiger partial charge in [-0.3, -0.25) is 9.36 Å². The number of fused-ring (bicyclic) bond motifs is 1. The topological polar surface area (TPSA) is 95.6 Å². The SMILES string of the molecule is CNc1cc2c(cn1)c(-c1cnn(C)c1)nn2C1CCC(Oc2cccnn2)CC1. The van der Waals surface area contributed by atoms with Crippen molar-refractivity contribution < 1.29 is 4.74 Å².